The highest BCUT2D eigenvalue weighted by Gasteiger charge is 2.16. The summed E-state index contributed by atoms with van der Waals surface area (Å²) in [7, 11) is -0.432. The van der Waals surface area contributed by atoms with Crippen molar-refractivity contribution >= 4 is 10.0 Å². The molecule has 0 aromatic heterocycles. The molecule has 0 bridgehead atoms. The first-order chi connectivity index (χ1) is 8.91. The van der Waals surface area contributed by atoms with E-state index in [4.69, 9.17) is 4.74 Å². The Labute approximate surface area is 113 Å². The molecule has 0 aliphatic rings. The number of sulfonamides is 1. The van der Waals surface area contributed by atoms with Gasteiger partial charge in [-0.15, -0.1) is 0 Å². The number of hydrogen-bond donors (Lipinski definition) is 2. The van der Waals surface area contributed by atoms with Gasteiger partial charge in [-0.2, -0.15) is 0 Å². The van der Waals surface area contributed by atoms with Crippen LogP contribution in [-0.4, -0.2) is 34.9 Å². The first kappa shape index (κ1) is 15.9. The second kappa shape index (κ2) is 6.83. The minimum Gasteiger partial charge on any atom is -0.496 e. The molecule has 2 N–H and O–H groups in total. The molecule has 1 unspecified atom stereocenters. The molecule has 7 heteroatoms. The summed E-state index contributed by atoms with van der Waals surface area (Å²) in [5, 5.41) is 2.97. The lowest BCUT2D eigenvalue weighted by Crippen LogP contribution is -2.31. The van der Waals surface area contributed by atoms with E-state index in [-0.39, 0.29) is 24.2 Å². The molecule has 0 aliphatic carbocycles. The van der Waals surface area contributed by atoms with E-state index in [2.05, 4.69) is 10.0 Å². The van der Waals surface area contributed by atoms with Crippen LogP contribution in [0.2, 0.25) is 0 Å². The zero-order valence-corrected chi connectivity index (χ0v) is 12.1. The van der Waals surface area contributed by atoms with Crippen LogP contribution in [-0.2, 0) is 10.0 Å². The largest absolute Gasteiger partial charge is 0.496 e. The fourth-order valence-corrected chi connectivity index (χ4v) is 2.32. The third-order valence-electron chi connectivity index (χ3n) is 2.80. The summed E-state index contributed by atoms with van der Waals surface area (Å²) in [5.74, 6) is -0.00256. The van der Waals surface area contributed by atoms with Gasteiger partial charge in [-0.05, 0) is 26.1 Å². The molecule has 1 rings (SSSR count). The molecule has 19 heavy (non-hydrogen) atoms. The lowest BCUT2D eigenvalue weighted by Gasteiger charge is -2.17. The summed E-state index contributed by atoms with van der Waals surface area (Å²) in [5.41, 5.74) is 0.395. The van der Waals surface area contributed by atoms with Gasteiger partial charge in [0.1, 0.15) is 11.6 Å². The molecule has 0 amide bonds. The van der Waals surface area contributed by atoms with Gasteiger partial charge in [0.05, 0.1) is 12.9 Å². The van der Waals surface area contributed by atoms with Gasteiger partial charge in [-0.1, -0.05) is 6.07 Å². The van der Waals surface area contributed by atoms with Crippen molar-refractivity contribution in [2.75, 3.05) is 26.5 Å². The van der Waals surface area contributed by atoms with Gasteiger partial charge in [-0.3, -0.25) is 0 Å². The lowest BCUT2D eigenvalue weighted by atomic mass is 10.1. The maximum atomic E-state index is 13.8. The Bertz CT molecular complexity index is 520. The first-order valence-corrected chi connectivity index (χ1v) is 7.53. The predicted octanol–water partition coefficient (Wildman–Crippen LogP) is 1.03. The normalized spacial score (nSPS) is 13.3. The summed E-state index contributed by atoms with van der Waals surface area (Å²) < 4.78 is 43.6. The first-order valence-electron chi connectivity index (χ1n) is 5.88. The molecule has 0 radical (unpaired) electrons. The van der Waals surface area contributed by atoms with Crippen molar-refractivity contribution in [3.05, 3.63) is 29.6 Å². The smallest absolute Gasteiger partial charge is 0.212 e. The molecule has 1 atom stereocenters. The van der Waals surface area contributed by atoms with E-state index >= 15 is 0 Å². The summed E-state index contributed by atoms with van der Waals surface area (Å²) in [6, 6.07) is 4.24. The summed E-state index contributed by atoms with van der Waals surface area (Å²) in [4.78, 5) is 0. The molecule has 1 aromatic rings. The Kier molecular flexibility index (Phi) is 5.71. The zero-order valence-electron chi connectivity index (χ0n) is 11.2. The molecule has 0 heterocycles. The number of nitrogens with one attached hydrogen (secondary N) is 2. The topological polar surface area (TPSA) is 67.4 Å². The van der Waals surface area contributed by atoms with E-state index in [0.29, 0.717) is 11.3 Å². The van der Waals surface area contributed by atoms with Crippen LogP contribution in [0, 0.1) is 5.82 Å². The minimum atomic E-state index is -3.26. The van der Waals surface area contributed by atoms with Gasteiger partial charge in [0.25, 0.3) is 0 Å². The number of hydrogen-bond acceptors (Lipinski definition) is 4. The highest BCUT2D eigenvalue weighted by molar-refractivity contribution is 7.89. The Morgan fingerprint density at radius 2 is 2.11 bits per heavy atom. The monoisotopic (exact) mass is 290 g/mol. The number of benzene rings is 1. The lowest BCUT2D eigenvalue weighted by molar-refractivity contribution is 0.395. The van der Waals surface area contributed by atoms with Crippen LogP contribution in [0.3, 0.4) is 0 Å². The van der Waals surface area contributed by atoms with E-state index in [0.717, 1.165) is 0 Å². The second-order valence-corrected chi connectivity index (χ2v) is 6.10. The molecule has 108 valence electrons. The van der Waals surface area contributed by atoms with Crippen LogP contribution >= 0.6 is 0 Å². The Morgan fingerprint density at radius 1 is 1.42 bits per heavy atom. The molecular weight excluding hydrogens is 271 g/mol. The van der Waals surface area contributed by atoms with Crippen molar-refractivity contribution in [1.29, 1.82) is 0 Å². The van der Waals surface area contributed by atoms with Crippen molar-refractivity contribution in [2.24, 2.45) is 0 Å². The van der Waals surface area contributed by atoms with Crippen LogP contribution in [0.1, 0.15) is 18.5 Å². The maximum absolute atomic E-state index is 13.8. The maximum Gasteiger partial charge on any atom is 0.212 e. The van der Waals surface area contributed by atoms with Gasteiger partial charge >= 0.3 is 0 Å². The number of halogens is 1. The molecule has 0 aliphatic heterocycles. The van der Waals surface area contributed by atoms with Crippen LogP contribution in [0.25, 0.3) is 0 Å². The van der Waals surface area contributed by atoms with E-state index < -0.39 is 10.0 Å². The van der Waals surface area contributed by atoms with Crippen LogP contribution in [0.4, 0.5) is 4.39 Å². The SMILES string of the molecule is CNS(=O)(=O)CCNC(C)c1c(F)cccc1OC. The molecule has 0 saturated carbocycles. The molecule has 0 fully saturated rings. The number of methoxy groups -OCH3 is 1. The van der Waals surface area contributed by atoms with Gasteiger partial charge in [0, 0.05) is 18.2 Å². The van der Waals surface area contributed by atoms with Crippen molar-refractivity contribution in [3.8, 4) is 5.75 Å². The van der Waals surface area contributed by atoms with Crippen LogP contribution < -0.4 is 14.8 Å². The van der Waals surface area contributed by atoms with E-state index in [1.165, 1.54) is 20.2 Å². The minimum absolute atomic E-state index is 0.0649. The highest BCUT2D eigenvalue weighted by atomic mass is 32.2. The van der Waals surface area contributed by atoms with Gasteiger partial charge in [0.15, 0.2) is 0 Å². The Hall–Kier alpha value is -1.18. The van der Waals surface area contributed by atoms with Crippen molar-refractivity contribution in [3.63, 3.8) is 0 Å². The van der Waals surface area contributed by atoms with Crippen LogP contribution in [0.15, 0.2) is 18.2 Å². The van der Waals surface area contributed by atoms with Crippen LogP contribution in [0.5, 0.6) is 5.75 Å². The zero-order chi connectivity index (χ0) is 14.5. The molecular formula is C12H19FN2O3S. The molecule has 0 saturated heterocycles. The Balaban J connectivity index is 2.71. The third-order valence-corrected chi connectivity index (χ3v) is 4.16. The standard InChI is InChI=1S/C12H19FN2O3S/c1-9(15-7-8-19(16,17)14-2)12-10(13)5-4-6-11(12)18-3/h4-6,9,14-15H,7-8H2,1-3H3. The quantitative estimate of drug-likeness (QED) is 0.787. The summed E-state index contributed by atoms with van der Waals surface area (Å²) >= 11 is 0. The van der Waals surface area contributed by atoms with Crippen molar-refractivity contribution in [2.45, 2.75) is 13.0 Å². The molecule has 1 aromatic carbocycles. The van der Waals surface area contributed by atoms with Gasteiger partial charge in [0.2, 0.25) is 10.0 Å². The fourth-order valence-electron chi connectivity index (χ4n) is 1.73. The van der Waals surface area contributed by atoms with E-state index in [1.807, 2.05) is 0 Å². The van der Waals surface area contributed by atoms with E-state index in [1.54, 1.807) is 19.1 Å². The van der Waals surface area contributed by atoms with Crippen molar-refractivity contribution < 1.29 is 17.5 Å². The number of rotatable bonds is 7. The molecule has 0 spiro atoms. The summed E-state index contributed by atoms with van der Waals surface area (Å²) in [6.45, 7) is 1.98. The third kappa shape index (κ3) is 4.45. The molecule has 5 nitrogen and oxygen atoms in total. The average Bonchev–Trinajstić information content (AvgIpc) is 2.37. The average molecular weight is 290 g/mol. The van der Waals surface area contributed by atoms with E-state index in [9.17, 15) is 12.8 Å². The van der Waals surface area contributed by atoms with Crippen molar-refractivity contribution in [1.82, 2.24) is 10.0 Å². The Morgan fingerprint density at radius 3 is 2.68 bits per heavy atom. The summed E-state index contributed by atoms with van der Waals surface area (Å²) in [6.07, 6.45) is 0. The fraction of sp³-hybridized carbons (Fsp3) is 0.500. The number of ether oxygens (including phenoxy) is 1. The predicted molar refractivity (Wildman–Crippen MR) is 72.2 cm³/mol. The second-order valence-electron chi connectivity index (χ2n) is 4.05. The van der Waals surface area contributed by atoms with Gasteiger partial charge < -0.3 is 10.1 Å². The highest BCUT2D eigenvalue weighted by Crippen LogP contribution is 2.27. The van der Waals surface area contributed by atoms with Gasteiger partial charge in [-0.25, -0.2) is 17.5 Å².